The first-order valence-electron chi connectivity index (χ1n) is 5.69. The number of hydrogen-bond donors (Lipinski definition) is 2. The maximum absolute atomic E-state index is 5.96. The Hall–Kier alpha value is -0.160. The molecule has 1 rings (SSSR count). The SMILES string of the molecule is COCCC(N)CNC1(C)CCOC1C. The molecular weight excluding hydrogens is 192 g/mol. The molecule has 0 spiro atoms. The van der Waals surface area contributed by atoms with E-state index in [4.69, 9.17) is 15.2 Å². The van der Waals surface area contributed by atoms with Crippen LogP contribution in [0.15, 0.2) is 0 Å². The topological polar surface area (TPSA) is 56.5 Å². The summed E-state index contributed by atoms with van der Waals surface area (Å²) in [5.74, 6) is 0. The number of nitrogens with one attached hydrogen (secondary N) is 1. The zero-order chi connectivity index (χ0) is 11.3. The maximum Gasteiger partial charge on any atom is 0.0726 e. The van der Waals surface area contributed by atoms with Crippen molar-refractivity contribution in [1.29, 1.82) is 0 Å². The van der Waals surface area contributed by atoms with E-state index in [1.54, 1.807) is 7.11 Å². The largest absolute Gasteiger partial charge is 0.385 e. The Kier molecular flexibility index (Phi) is 4.99. The van der Waals surface area contributed by atoms with Crippen LogP contribution >= 0.6 is 0 Å². The zero-order valence-corrected chi connectivity index (χ0v) is 10.1. The van der Waals surface area contributed by atoms with Gasteiger partial charge in [-0.15, -0.1) is 0 Å². The third-order valence-electron chi connectivity index (χ3n) is 3.35. The van der Waals surface area contributed by atoms with E-state index in [9.17, 15) is 0 Å². The second-order valence-electron chi connectivity index (χ2n) is 4.60. The van der Waals surface area contributed by atoms with Gasteiger partial charge in [0.2, 0.25) is 0 Å². The summed E-state index contributed by atoms with van der Waals surface area (Å²) < 4.78 is 10.6. The molecule has 0 saturated carbocycles. The number of nitrogens with two attached hydrogens (primary N) is 1. The maximum atomic E-state index is 5.96. The highest BCUT2D eigenvalue weighted by Gasteiger charge is 2.36. The van der Waals surface area contributed by atoms with Gasteiger partial charge in [-0.1, -0.05) is 0 Å². The van der Waals surface area contributed by atoms with Crippen molar-refractivity contribution in [3.05, 3.63) is 0 Å². The molecule has 1 aliphatic heterocycles. The van der Waals surface area contributed by atoms with E-state index in [1.165, 1.54) is 0 Å². The molecular formula is C11H24N2O2. The van der Waals surface area contributed by atoms with Gasteiger partial charge >= 0.3 is 0 Å². The third-order valence-corrected chi connectivity index (χ3v) is 3.35. The van der Waals surface area contributed by atoms with Crippen LogP contribution < -0.4 is 11.1 Å². The fraction of sp³-hybridized carbons (Fsp3) is 1.00. The van der Waals surface area contributed by atoms with Crippen LogP contribution in [0.1, 0.15) is 26.7 Å². The molecule has 15 heavy (non-hydrogen) atoms. The number of ether oxygens (including phenoxy) is 2. The fourth-order valence-electron chi connectivity index (χ4n) is 1.80. The van der Waals surface area contributed by atoms with E-state index in [0.29, 0.717) is 0 Å². The van der Waals surface area contributed by atoms with Crippen molar-refractivity contribution in [3.63, 3.8) is 0 Å². The van der Waals surface area contributed by atoms with E-state index in [-0.39, 0.29) is 17.7 Å². The van der Waals surface area contributed by atoms with Crippen molar-refractivity contribution in [2.24, 2.45) is 5.73 Å². The zero-order valence-electron chi connectivity index (χ0n) is 10.1. The van der Waals surface area contributed by atoms with E-state index < -0.39 is 0 Å². The Balaban J connectivity index is 2.23. The lowest BCUT2D eigenvalue weighted by Crippen LogP contribution is -2.51. The molecule has 0 bridgehead atoms. The summed E-state index contributed by atoms with van der Waals surface area (Å²) in [6.45, 7) is 6.71. The highest BCUT2D eigenvalue weighted by atomic mass is 16.5. The van der Waals surface area contributed by atoms with Crippen molar-refractivity contribution in [3.8, 4) is 0 Å². The Morgan fingerprint density at radius 3 is 2.93 bits per heavy atom. The average molecular weight is 216 g/mol. The van der Waals surface area contributed by atoms with Gasteiger partial charge in [0.15, 0.2) is 0 Å². The first kappa shape index (κ1) is 12.9. The van der Waals surface area contributed by atoms with Crippen LogP contribution in [0, 0.1) is 0 Å². The minimum Gasteiger partial charge on any atom is -0.385 e. The summed E-state index contributed by atoms with van der Waals surface area (Å²) in [4.78, 5) is 0. The van der Waals surface area contributed by atoms with Crippen molar-refractivity contribution >= 4 is 0 Å². The highest BCUT2D eigenvalue weighted by molar-refractivity contribution is 4.94. The van der Waals surface area contributed by atoms with Gasteiger partial charge in [0.05, 0.1) is 6.10 Å². The van der Waals surface area contributed by atoms with Gasteiger partial charge in [0.25, 0.3) is 0 Å². The van der Waals surface area contributed by atoms with E-state index in [1.807, 2.05) is 0 Å². The number of methoxy groups -OCH3 is 1. The molecule has 1 heterocycles. The molecule has 0 radical (unpaired) electrons. The molecule has 4 heteroatoms. The molecule has 0 aromatic rings. The van der Waals surface area contributed by atoms with Crippen LogP contribution in [-0.2, 0) is 9.47 Å². The Morgan fingerprint density at radius 1 is 1.67 bits per heavy atom. The first-order chi connectivity index (χ1) is 7.08. The number of rotatable bonds is 6. The molecule has 0 aromatic heterocycles. The molecule has 4 nitrogen and oxygen atoms in total. The van der Waals surface area contributed by atoms with Crippen molar-refractivity contribution in [2.45, 2.75) is 44.4 Å². The third kappa shape index (κ3) is 3.72. The van der Waals surface area contributed by atoms with Gasteiger partial charge < -0.3 is 20.5 Å². The predicted octanol–water partition coefficient (Wildman–Crippen LogP) is 0.507. The summed E-state index contributed by atoms with van der Waals surface area (Å²) in [5.41, 5.74) is 6.05. The Morgan fingerprint density at radius 2 is 2.40 bits per heavy atom. The monoisotopic (exact) mass is 216 g/mol. The lowest BCUT2D eigenvalue weighted by molar-refractivity contribution is 0.0876. The van der Waals surface area contributed by atoms with Crippen LogP contribution in [0.2, 0.25) is 0 Å². The van der Waals surface area contributed by atoms with Gasteiger partial charge in [-0.3, -0.25) is 0 Å². The molecule has 1 fully saturated rings. The molecule has 3 N–H and O–H groups in total. The Bertz CT molecular complexity index is 189. The molecule has 3 atom stereocenters. The van der Waals surface area contributed by atoms with Crippen LogP contribution in [0.25, 0.3) is 0 Å². The van der Waals surface area contributed by atoms with Crippen molar-refractivity contribution in [1.82, 2.24) is 5.32 Å². The van der Waals surface area contributed by atoms with Crippen molar-refractivity contribution < 1.29 is 9.47 Å². The Labute approximate surface area is 92.5 Å². The summed E-state index contributed by atoms with van der Waals surface area (Å²) in [5, 5.41) is 3.51. The summed E-state index contributed by atoms with van der Waals surface area (Å²) in [7, 11) is 1.70. The van der Waals surface area contributed by atoms with Crippen molar-refractivity contribution in [2.75, 3.05) is 26.9 Å². The van der Waals surface area contributed by atoms with Gasteiger partial charge in [0, 0.05) is 38.4 Å². The highest BCUT2D eigenvalue weighted by Crippen LogP contribution is 2.24. The van der Waals surface area contributed by atoms with Crippen LogP contribution in [0.3, 0.4) is 0 Å². The van der Waals surface area contributed by atoms with E-state index in [0.717, 1.165) is 32.6 Å². The summed E-state index contributed by atoms with van der Waals surface area (Å²) in [6.07, 6.45) is 2.23. The fourth-order valence-corrected chi connectivity index (χ4v) is 1.80. The predicted molar refractivity (Wildman–Crippen MR) is 60.9 cm³/mol. The molecule has 0 aliphatic carbocycles. The van der Waals surface area contributed by atoms with Gasteiger partial charge in [-0.05, 0) is 26.7 Å². The molecule has 3 unspecified atom stereocenters. The van der Waals surface area contributed by atoms with Crippen LogP contribution in [0.4, 0.5) is 0 Å². The van der Waals surface area contributed by atoms with Gasteiger partial charge in [-0.25, -0.2) is 0 Å². The van der Waals surface area contributed by atoms with Crippen LogP contribution in [0.5, 0.6) is 0 Å². The normalized spacial score (nSPS) is 33.2. The molecule has 1 saturated heterocycles. The lowest BCUT2D eigenvalue weighted by atomic mass is 9.94. The smallest absolute Gasteiger partial charge is 0.0726 e. The molecule has 0 amide bonds. The minimum atomic E-state index is 0.0880. The number of hydrogen-bond acceptors (Lipinski definition) is 4. The molecule has 90 valence electrons. The van der Waals surface area contributed by atoms with E-state index >= 15 is 0 Å². The summed E-state index contributed by atoms with van der Waals surface area (Å²) in [6, 6.07) is 0.162. The minimum absolute atomic E-state index is 0.0880. The first-order valence-corrected chi connectivity index (χ1v) is 5.69. The molecule has 0 aromatic carbocycles. The van der Waals surface area contributed by atoms with E-state index in [2.05, 4.69) is 19.2 Å². The standard InChI is InChI=1S/C11H24N2O2/c1-9-11(2,5-7-15-9)13-8-10(12)4-6-14-3/h9-10,13H,4-8,12H2,1-3H3. The van der Waals surface area contributed by atoms with Gasteiger partial charge in [0.1, 0.15) is 0 Å². The summed E-state index contributed by atoms with van der Waals surface area (Å²) >= 11 is 0. The average Bonchev–Trinajstić information content (AvgIpc) is 2.54. The second kappa shape index (κ2) is 5.80. The lowest BCUT2D eigenvalue weighted by Gasteiger charge is -2.30. The molecule has 1 aliphatic rings. The van der Waals surface area contributed by atoms with Gasteiger partial charge in [-0.2, -0.15) is 0 Å². The quantitative estimate of drug-likeness (QED) is 0.679. The van der Waals surface area contributed by atoms with Crippen LogP contribution in [-0.4, -0.2) is 44.6 Å². The second-order valence-corrected chi connectivity index (χ2v) is 4.60.